The summed E-state index contributed by atoms with van der Waals surface area (Å²) in [4.78, 5) is 16.2. The third kappa shape index (κ3) is 6.10. The van der Waals surface area contributed by atoms with Gasteiger partial charge in [-0.15, -0.1) is 0 Å². The molecule has 1 aromatic heterocycles. The summed E-state index contributed by atoms with van der Waals surface area (Å²) in [5, 5.41) is 6.15. The van der Waals surface area contributed by atoms with E-state index in [-0.39, 0.29) is 24.4 Å². The molecule has 3 rings (SSSR count). The van der Waals surface area contributed by atoms with Crippen LogP contribution in [0.5, 0.6) is 11.5 Å². The summed E-state index contributed by atoms with van der Waals surface area (Å²) in [6.07, 6.45) is 0.312. The van der Waals surface area contributed by atoms with Crippen molar-refractivity contribution in [2.24, 2.45) is 0 Å². The van der Waals surface area contributed by atoms with E-state index in [0.717, 1.165) is 23.5 Å². The number of rotatable bonds is 10. The number of amides is 1. The fourth-order valence-corrected chi connectivity index (χ4v) is 3.84. The van der Waals surface area contributed by atoms with Crippen molar-refractivity contribution in [3.05, 3.63) is 71.8 Å². The highest BCUT2D eigenvalue weighted by molar-refractivity contribution is 5.88. The van der Waals surface area contributed by atoms with Gasteiger partial charge < -0.3 is 25.3 Å². The summed E-state index contributed by atoms with van der Waals surface area (Å²) < 4.78 is 15.6. The van der Waals surface area contributed by atoms with Gasteiger partial charge in [-0.25, -0.2) is 9.78 Å². The number of benzene rings is 2. The monoisotopic (exact) mass is 464 g/mol. The number of anilines is 3. The Kier molecular flexibility index (Phi) is 8.56. The van der Waals surface area contributed by atoms with Crippen LogP contribution in [-0.2, 0) is 4.74 Å². The molecule has 34 heavy (non-hydrogen) atoms. The maximum Gasteiger partial charge on any atom is 0.411 e. The first-order chi connectivity index (χ1) is 16.5. The number of pyridine rings is 1. The largest absolute Gasteiger partial charge is 0.497 e. The number of methoxy groups -OCH3 is 2. The Morgan fingerprint density at radius 2 is 1.50 bits per heavy atom. The molecule has 0 aliphatic carbocycles. The van der Waals surface area contributed by atoms with E-state index in [9.17, 15) is 4.79 Å². The first-order valence-electron chi connectivity index (χ1n) is 11.2. The summed E-state index contributed by atoms with van der Waals surface area (Å²) in [6, 6.07) is 19.5. The van der Waals surface area contributed by atoms with Gasteiger partial charge in [0.15, 0.2) is 0 Å². The fraction of sp³-hybridized carbons (Fsp3) is 0.308. The molecule has 2 aromatic carbocycles. The van der Waals surface area contributed by atoms with E-state index in [2.05, 4.69) is 34.7 Å². The molecular formula is C26H32N4O4. The van der Waals surface area contributed by atoms with Crippen molar-refractivity contribution in [1.29, 1.82) is 0 Å². The van der Waals surface area contributed by atoms with Crippen LogP contribution in [-0.4, -0.2) is 31.9 Å². The highest BCUT2D eigenvalue weighted by Crippen LogP contribution is 2.37. The molecule has 2 atom stereocenters. The zero-order valence-electron chi connectivity index (χ0n) is 20.0. The van der Waals surface area contributed by atoms with Gasteiger partial charge in [-0.2, -0.15) is 0 Å². The van der Waals surface area contributed by atoms with Crippen LogP contribution in [0, 0.1) is 0 Å². The van der Waals surface area contributed by atoms with Gasteiger partial charge in [0.25, 0.3) is 0 Å². The molecule has 1 amide bonds. The van der Waals surface area contributed by atoms with Crippen molar-refractivity contribution in [2.75, 3.05) is 37.2 Å². The quantitative estimate of drug-likeness (QED) is 0.359. The minimum Gasteiger partial charge on any atom is -0.497 e. The summed E-state index contributed by atoms with van der Waals surface area (Å²) in [5.41, 5.74) is 8.77. The first-order valence-corrected chi connectivity index (χ1v) is 11.2. The molecule has 0 spiro atoms. The summed E-state index contributed by atoms with van der Waals surface area (Å²) in [5.74, 6) is 2.53. The van der Waals surface area contributed by atoms with E-state index in [4.69, 9.17) is 19.9 Å². The second-order valence-electron chi connectivity index (χ2n) is 7.66. The molecule has 3 aromatic rings. The predicted molar refractivity (Wildman–Crippen MR) is 135 cm³/mol. The molecule has 1 heterocycles. The normalized spacial score (nSPS) is 12.4. The average molecular weight is 465 g/mol. The second kappa shape index (κ2) is 11.8. The topological polar surface area (TPSA) is 108 Å². The van der Waals surface area contributed by atoms with Crippen molar-refractivity contribution in [1.82, 2.24) is 4.98 Å². The minimum atomic E-state index is -0.571. The van der Waals surface area contributed by atoms with Crippen LogP contribution in [0.2, 0.25) is 0 Å². The fourth-order valence-electron chi connectivity index (χ4n) is 3.84. The maximum absolute atomic E-state index is 11.7. The first kappa shape index (κ1) is 24.7. The van der Waals surface area contributed by atoms with Crippen LogP contribution in [0.3, 0.4) is 0 Å². The van der Waals surface area contributed by atoms with Crippen molar-refractivity contribution >= 4 is 23.4 Å². The SMILES string of the molecule is CCOC(=O)Nc1ccc(NC(c2ccc(OC)cc2)C(CC)c2ccc(OC)cc2)nc1N. The van der Waals surface area contributed by atoms with Crippen LogP contribution < -0.4 is 25.8 Å². The number of hydrogen-bond acceptors (Lipinski definition) is 7. The molecular weight excluding hydrogens is 432 g/mol. The van der Waals surface area contributed by atoms with Gasteiger partial charge in [-0.3, -0.25) is 5.32 Å². The number of nitrogen functional groups attached to an aromatic ring is 1. The van der Waals surface area contributed by atoms with Crippen LogP contribution in [0.25, 0.3) is 0 Å². The number of nitrogens with one attached hydrogen (secondary N) is 2. The number of nitrogens with two attached hydrogens (primary N) is 1. The molecule has 0 aliphatic heterocycles. The highest BCUT2D eigenvalue weighted by Gasteiger charge is 2.24. The lowest BCUT2D eigenvalue weighted by atomic mass is 9.85. The molecule has 0 fully saturated rings. The smallest absolute Gasteiger partial charge is 0.411 e. The Bertz CT molecular complexity index is 1070. The Morgan fingerprint density at radius 1 is 0.912 bits per heavy atom. The molecule has 4 N–H and O–H groups in total. The highest BCUT2D eigenvalue weighted by atomic mass is 16.5. The molecule has 0 bridgehead atoms. The zero-order valence-corrected chi connectivity index (χ0v) is 20.0. The van der Waals surface area contributed by atoms with Crippen LogP contribution >= 0.6 is 0 Å². The summed E-state index contributed by atoms with van der Waals surface area (Å²) in [6.45, 7) is 4.16. The minimum absolute atomic E-state index is 0.0972. The van der Waals surface area contributed by atoms with Crippen LogP contribution in [0.1, 0.15) is 43.4 Å². The number of carbonyl (C=O) groups excluding carboxylic acids is 1. The lowest BCUT2D eigenvalue weighted by Crippen LogP contribution is -2.21. The van der Waals surface area contributed by atoms with Gasteiger partial charge >= 0.3 is 6.09 Å². The Hall–Kier alpha value is -3.94. The average Bonchev–Trinajstić information content (AvgIpc) is 2.86. The molecule has 2 unspecified atom stereocenters. The maximum atomic E-state index is 11.7. The lowest BCUT2D eigenvalue weighted by Gasteiger charge is -2.29. The molecule has 180 valence electrons. The second-order valence-corrected chi connectivity index (χ2v) is 7.66. The standard InChI is InChI=1S/C26H32N4O4/c1-5-21(17-7-11-19(32-3)12-8-17)24(18-9-13-20(33-4)14-10-18)29-23-16-15-22(25(27)30-23)28-26(31)34-6-2/h7-16,21,24H,5-6H2,1-4H3,(H,28,31)(H3,27,29,30). The molecule has 8 heteroatoms. The van der Waals surface area contributed by atoms with Gasteiger partial charge in [-0.05, 0) is 60.9 Å². The molecule has 0 aliphatic rings. The van der Waals surface area contributed by atoms with E-state index < -0.39 is 6.09 Å². The van der Waals surface area contributed by atoms with Gasteiger partial charge in [-0.1, -0.05) is 31.2 Å². The summed E-state index contributed by atoms with van der Waals surface area (Å²) >= 11 is 0. The van der Waals surface area contributed by atoms with E-state index in [1.54, 1.807) is 33.3 Å². The van der Waals surface area contributed by atoms with Gasteiger partial charge in [0.1, 0.15) is 23.1 Å². The van der Waals surface area contributed by atoms with Crippen molar-refractivity contribution in [2.45, 2.75) is 32.2 Å². The third-order valence-corrected chi connectivity index (χ3v) is 5.60. The number of hydrogen-bond donors (Lipinski definition) is 3. The van der Waals surface area contributed by atoms with Gasteiger partial charge in [0, 0.05) is 5.92 Å². The third-order valence-electron chi connectivity index (χ3n) is 5.60. The van der Waals surface area contributed by atoms with Gasteiger partial charge in [0.05, 0.1) is 32.6 Å². The van der Waals surface area contributed by atoms with Crippen molar-refractivity contribution < 1.29 is 19.0 Å². The zero-order chi connectivity index (χ0) is 24.5. The molecule has 0 saturated carbocycles. The molecule has 8 nitrogen and oxygen atoms in total. The van der Waals surface area contributed by atoms with E-state index in [1.807, 2.05) is 36.4 Å². The summed E-state index contributed by atoms with van der Waals surface area (Å²) in [7, 11) is 3.31. The van der Waals surface area contributed by atoms with Crippen molar-refractivity contribution in [3.63, 3.8) is 0 Å². The molecule has 0 radical (unpaired) electrons. The van der Waals surface area contributed by atoms with E-state index in [0.29, 0.717) is 11.5 Å². The predicted octanol–water partition coefficient (Wildman–Crippen LogP) is 5.60. The Morgan fingerprint density at radius 3 is 2.00 bits per heavy atom. The van der Waals surface area contributed by atoms with Crippen LogP contribution in [0.15, 0.2) is 60.7 Å². The number of carbonyl (C=O) groups is 1. The molecule has 0 saturated heterocycles. The van der Waals surface area contributed by atoms with E-state index in [1.165, 1.54) is 5.56 Å². The number of ether oxygens (including phenoxy) is 3. The van der Waals surface area contributed by atoms with Crippen molar-refractivity contribution in [3.8, 4) is 11.5 Å². The Balaban J connectivity index is 1.93. The van der Waals surface area contributed by atoms with Crippen LogP contribution in [0.4, 0.5) is 22.1 Å². The van der Waals surface area contributed by atoms with E-state index >= 15 is 0 Å². The van der Waals surface area contributed by atoms with Gasteiger partial charge in [0.2, 0.25) is 0 Å². The number of aromatic nitrogens is 1. The Labute approximate surface area is 200 Å². The lowest BCUT2D eigenvalue weighted by molar-refractivity contribution is 0.168. The number of nitrogens with zero attached hydrogens (tertiary/aromatic N) is 1.